The fraction of sp³-hybridized carbons (Fsp3) is 0.474. The summed E-state index contributed by atoms with van der Waals surface area (Å²) in [5.74, 6) is 0.828. The number of carbonyl (C=O) groups is 1. The van der Waals surface area contributed by atoms with Gasteiger partial charge in [-0.1, -0.05) is 30.3 Å². The van der Waals surface area contributed by atoms with Crippen LogP contribution in [0.15, 0.2) is 35.7 Å². The fourth-order valence-corrected chi connectivity index (χ4v) is 3.94. The number of hydrogen-bond acceptors (Lipinski definition) is 4. The number of hydrogen-bond donors (Lipinski definition) is 2. The van der Waals surface area contributed by atoms with E-state index in [1.165, 1.54) is 12.8 Å². The first-order chi connectivity index (χ1) is 11.7. The summed E-state index contributed by atoms with van der Waals surface area (Å²) in [6.07, 6.45) is 3.99. The lowest BCUT2D eigenvalue weighted by atomic mass is 9.93. The molecule has 1 saturated heterocycles. The van der Waals surface area contributed by atoms with E-state index < -0.39 is 0 Å². The summed E-state index contributed by atoms with van der Waals surface area (Å²) >= 11 is 1.61. The normalized spacial score (nSPS) is 16.0. The fourth-order valence-electron chi connectivity index (χ4n) is 3.11. The summed E-state index contributed by atoms with van der Waals surface area (Å²) in [7, 11) is 0. The van der Waals surface area contributed by atoms with Crippen LogP contribution in [-0.4, -0.2) is 24.0 Å². The molecule has 1 amide bonds. The van der Waals surface area contributed by atoms with Gasteiger partial charge in [-0.25, -0.2) is 4.98 Å². The molecule has 25 heavy (non-hydrogen) atoms. The van der Waals surface area contributed by atoms with Gasteiger partial charge in [0.05, 0.1) is 11.7 Å². The van der Waals surface area contributed by atoms with Crippen LogP contribution in [0.3, 0.4) is 0 Å². The molecule has 2 aromatic rings. The average Bonchev–Trinajstić information content (AvgIpc) is 3.12. The van der Waals surface area contributed by atoms with Crippen molar-refractivity contribution >= 4 is 29.7 Å². The van der Waals surface area contributed by atoms with E-state index in [9.17, 15) is 4.79 Å². The highest BCUT2D eigenvalue weighted by Gasteiger charge is 2.17. The van der Waals surface area contributed by atoms with Gasteiger partial charge in [0.1, 0.15) is 5.01 Å². The van der Waals surface area contributed by atoms with Crippen molar-refractivity contribution < 1.29 is 4.79 Å². The highest BCUT2D eigenvalue weighted by Crippen LogP contribution is 2.25. The van der Waals surface area contributed by atoms with E-state index in [1.807, 2.05) is 25.1 Å². The Morgan fingerprint density at radius 2 is 2.04 bits per heavy atom. The number of halogens is 1. The van der Waals surface area contributed by atoms with Gasteiger partial charge < -0.3 is 10.6 Å². The number of benzene rings is 1. The maximum Gasteiger partial charge on any atom is 0.220 e. The molecule has 136 valence electrons. The van der Waals surface area contributed by atoms with Crippen LogP contribution in [0.2, 0.25) is 0 Å². The molecule has 2 N–H and O–H groups in total. The molecule has 1 fully saturated rings. The molecular weight excluding hydrogens is 354 g/mol. The van der Waals surface area contributed by atoms with Crippen molar-refractivity contribution in [2.24, 2.45) is 5.92 Å². The Morgan fingerprint density at radius 3 is 2.76 bits per heavy atom. The molecule has 1 atom stereocenters. The minimum atomic E-state index is -0.0343. The third kappa shape index (κ3) is 5.80. The second kappa shape index (κ2) is 9.90. The van der Waals surface area contributed by atoms with E-state index in [2.05, 4.69) is 33.1 Å². The third-order valence-corrected chi connectivity index (χ3v) is 5.61. The zero-order chi connectivity index (χ0) is 16.8. The molecule has 0 saturated carbocycles. The van der Waals surface area contributed by atoms with Crippen LogP contribution in [0.5, 0.6) is 0 Å². The van der Waals surface area contributed by atoms with Gasteiger partial charge >= 0.3 is 0 Å². The molecule has 1 unspecified atom stereocenters. The SMILES string of the molecule is CC(NC(=O)CCC1CCNCC1)c1nc(-c2ccccc2)cs1.Cl. The Morgan fingerprint density at radius 1 is 1.32 bits per heavy atom. The highest BCUT2D eigenvalue weighted by atomic mass is 35.5. The molecule has 1 aromatic carbocycles. The van der Waals surface area contributed by atoms with Crippen LogP contribution in [0.4, 0.5) is 0 Å². The van der Waals surface area contributed by atoms with Gasteiger partial charge in [0.25, 0.3) is 0 Å². The van der Waals surface area contributed by atoms with E-state index in [0.717, 1.165) is 35.8 Å². The van der Waals surface area contributed by atoms with Crippen molar-refractivity contribution in [1.29, 1.82) is 0 Å². The maximum absolute atomic E-state index is 12.2. The van der Waals surface area contributed by atoms with Crippen LogP contribution in [0.25, 0.3) is 11.3 Å². The Hall–Kier alpha value is -1.43. The highest BCUT2D eigenvalue weighted by molar-refractivity contribution is 7.10. The zero-order valence-electron chi connectivity index (χ0n) is 14.5. The lowest BCUT2D eigenvalue weighted by molar-refractivity contribution is -0.122. The standard InChI is InChI=1S/C19H25N3OS.ClH/c1-14(21-18(23)8-7-15-9-11-20-12-10-15)19-22-17(13-24-19)16-5-3-2-4-6-16;/h2-6,13-15,20H,7-12H2,1H3,(H,21,23);1H. The molecule has 1 aliphatic rings. The van der Waals surface area contributed by atoms with Gasteiger partial charge in [-0.3, -0.25) is 4.79 Å². The topological polar surface area (TPSA) is 54.0 Å². The third-order valence-electron chi connectivity index (χ3n) is 4.58. The number of nitrogens with one attached hydrogen (secondary N) is 2. The van der Waals surface area contributed by atoms with E-state index >= 15 is 0 Å². The van der Waals surface area contributed by atoms with Crippen molar-refractivity contribution in [3.63, 3.8) is 0 Å². The van der Waals surface area contributed by atoms with Gasteiger partial charge in [0.2, 0.25) is 5.91 Å². The van der Waals surface area contributed by atoms with Crippen LogP contribution < -0.4 is 10.6 Å². The lowest BCUT2D eigenvalue weighted by Gasteiger charge is -2.22. The predicted molar refractivity (Wildman–Crippen MR) is 106 cm³/mol. The molecule has 4 nitrogen and oxygen atoms in total. The zero-order valence-corrected chi connectivity index (χ0v) is 16.2. The summed E-state index contributed by atoms with van der Waals surface area (Å²) in [4.78, 5) is 16.9. The predicted octanol–water partition coefficient (Wildman–Crippen LogP) is 4.19. The quantitative estimate of drug-likeness (QED) is 0.791. The minimum Gasteiger partial charge on any atom is -0.347 e. The lowest BCUT2D eigenvalue weighted by Crippen LogP contribution is -2.30. The van der Waals surface area contributed by atoms with Gasteiger partial charge in [0, 0.05) is 17.4 Å². The molecule has 0 aliphatic carbocycles. The smallest absolute Gasteiger partial charge is 0.220 e. The number of aromatic nitrogens is 1. The molecule has 1 aromatic heterocycles. The summed E-state index contributed by atoms with van der Waals surface area (Å²) in [6, 6.07) is 10.1. The average molecular weight is 380 g/mol. The van der Waals surface area contributed by atoms with Crippen LogP contribution >= 0.6 is 23.7 Å². The van der Waals surface area contributed by atoms with Crippen molar-refractivity contribution in [1.82, 2.24) is 15.6 Å². The van der Waals surface area contributed by atoms with E-state index in [1.54, 1.807) is 11.3 Å². The van der Waals surface area contributed by atoms with Gasteiger partial charge in [0.15, 0.2) is 0 Å². The molecule has 0 radical (unpaired) electrons. The maximum atomic E-state index is 12.2. The summed E-state index contributed by atoms with van der Waals surface area (Å²) in [6.45, 7) is 4.18. The van der Waals surface area contributed by atoms with Crippen LogP contribution in [-0.2, 0) is 4.79 Å². The Balaban J connectivity index is 0.00000225. The molecular formula is C19H26ClN3OS. The number of nitrogens with zero attached hydrogens (tertiary/aromatic N) is 1. The van der Waals surface area contributed by atoms with Crippen molar-refractivity contribution in [3.8, 4) is 11.3 Å². The van der Waals surface area contributed by atoms with Crippen molar-refractivity contribution in [2.75, 3.05) is 13.1 Å². The first kappa shape index (κ1) is 19.9. The Kier molecular flexibility index (Phi) is 7.88. The summed E-state index contributed by atoms with van der Waals surface area (Å²) in [5.41, 5.74) is 2.09. The first-order valence-electron chi connectivity index (χ1n) is 8.73. The van der Waals surface area contributed by atoms with Crippen molar-refractivity contribution in [2.45, 2.75) is 38.6 Å². The number of amides is 1. The van der Waals surface area contributed by atoms with E-state index in [-0.39, 0.29) is 24.4 Å². The van der Waals surface area contributed by atoms with E-state index in [0.29, 0.717) is 12.3 Å². The molecule has 3 rings (SSSR count). The Bertz CT molecular complexity index is 656. The largest absolute Gasteiger partial charge is 0.347 e. The van der Waals surface area contributed by atoms with E-state index in [4.69, 9.17) is 0 Å². The Labute approximate surface area is 159 Å². The monoisotopic (exact) mass is 379 g/mol. The van der Waals surface area contributed by atoms with Gasteiger partial charge in [-0.2, -0.15) is 0 Å². The number of rotatable bonds is 6. The molecule has 6 heteroatoms. The second-order valence-corrected chi connectivity index (χ2v) is 7.35. The van der Waals surface area contributed by atoms with Gasteiger partial charge in [-0.05, 0) is 45.2 Å². The minimum absolute atomic E-state index is 0. The van der Waals surface area contributed by atoms with Gasteiger partial charge in [-0.15, -0.1) is 23.7 Å². The number of thiazole rings is 1. The first-order valence-corrected chi connectivity index (χ1v) is 9.61. The summed E-state index contributed by atoms with van der Waals surface area (Å²) < 4.78 is 0. The number of piperidine rings is 1. The number of carbonyl (C=O) groups excluding carboxylic acids is 1. The molecule has 0 bridgehead atoms. The second-order valence-electron chi connectivity index (χ2n) is 6.46. The molecule has 1 aliphatic heterocycles. The summed E-state index contributed by atoms with van der Waals surface area (Å²) in [5, 5.41) is 9.48. The van der Waals surface area contributed by atoms with Crippen LogP contribution in [0.1, 0.15) is 43.7 Å². The van der Waals surface area contributed by atoms with Crippen molar-refractivity contribution in [3.05, 3.63) is 40.7 Å². The van der Waals surface area contributed by atoms with Crippen LogP contribution in [0, 0.1) is 5.92 Å². The molecule has 0 spiro atoms. The molecule has 2 heterocycles.